The molecule has 86 valence electrons. The zero-order valence-corrected chi connectivity index (χ0v) is 10.2. The van der Waals surface area contributed by atoms with Crippen LogP contribution in [-0.2, 0) is 11.2 Å². The Labute approximate surface area is 99.8 Å². The van der Waals surface area contributed by atoms with Crippen molar-refractivity contribution in [3.8, 4) is 0 Å². The molecule has 1 aromatic heterocycles. The summed E-state index contributed by atoms with van der Waals surface area (Å²) in [6, 6.07) is 5.76. The third-order valence-electron chi connectivity index (χ3n) is 2.70. The number of hydrogen-bond donors (Lipinski definition) is 1. The van der Waals surface area contributed by atoms with Crippen molar-refractivity contribution in [3.63, 3.8) is 0 Å². The first-order valence-electron chi connectivity index (χ1n) is 5.36. The van der Waals surface area contributed by atoms with Crippen molar-refractivity contribution < 1.29 is 4.74 Å². The summed E-state index contributed by atoms with van der Waals surface area (Å²) in [5.41, 5.74) is 1.84. The van der Waals surface area contributed by atoms with Gasteiger partial charge in [0.2, 0.25) is 0 Å². The van der Waals surface area contributed by atoms with E-state index in [1.807, 2.05) is 18.2 Å². The van der Waals surface area contributed by atoms with Gasteiger partial charge in [-0.05, 0) is 25.5 Å². The van der Waals surface area contributed by atoms with E-state index in [1.54, 1.807) is 7.11 Å². The van der Waals surface area contributed by atoms with E-state index in [-0.39, 0.29) is 6.10 Å². The fourth-order valence-corrected chi connectivity index (χ4v) is 1.84. The molecule has 0 aliphatic carbocycles. The Morgan fingerprint density at radius 3 is 3.00 bits per heavy atom. The number of H-pyrrole nitrogens is 1. The summed E-state index contributed by atoms with van der Waals surface area (Å²) in [4.78, 5) is 7.74. The highest BCUT2D eigenvalue weighted by Crippen LogP contribution is 2.21. The number of rotatable bonds is 4. The third kappa shape index (κ3) is 2.36. The topological polar surface area (TPSA) is 37.9 Å². The van der Waals surface area contributed by atoms with Gasteiger partial charge in [0.25, 0.3) is 0 Å². The van der Waals surface area contributed by atoms with Crippen LogP contribution in [0, 0.1) is 0 Å². The van der Waals surface area contributed by atoms with Gasteiger partial charge in [0.15, 0.2) is 0 Å². The van der Waals surface area contributed by atoms with E-state index in [2.05, 4.69) is 16.9 Å². The van der Waals surface area contributed by atoms with E-state index in [9.17, 15) is 0 Å². The predicted octanol–water partition coefficient (Wildman–Crippen LogP) is 3.18. The fraction of sp³-hybridized carbons (Fsp3) is 0.417. The Kier molecular flexibility index (Phi) is 3.46. The minimum atomic E-state index is 0.253. The molecular weight excluding hydrogens is 224 g/mol. The van der Waals surface area contributed by atoms with E-state index < -0.39 is 0 Å². The Hall–Kier alpha value is -1.06. The van der Waals surface area contributed by atoms with Crippen LogP contribution >= 0.6 is 11.6 Å². The number of hydrogen-bond acceptors (Lipinski definition) is 2. The molecule has 1 unspecified atom stereocenters. The number of fused-ring (bicyclic) bond motifs is 1. The maximum absolute atomic E-state index is 6.05. The first-order chi connectivity index (χ1) is 7.70. The molecule has 3 nitrogen and oxygen atoms in total. The molecule has 1 heterocycles. The molecule has 16 heavy (non-hydrogen) atoms. The van der Waals surface area contributed by atoms with Crippen LogP contribution in [0.25, 0.3) is 11.0 Å². The van der Waals surface area contributed by atoms with Crippen molar-refractivity contribution in [1.29, 1.82) is 0 Å². The van der Waals surface area contributed by atoms with Crippen molar-refractivity contribution >= 4 is 22.6 Å². The van der Waals surface area contributed by atoms with Crippen molar-refractivity contribution in [2.24, 2.45) is 0 Å². The first-order valence-corrected chi connectivity index (χ1v) is 5.74. The van der Waals surface area contributed by atoms with Crippen LogP contribution in [0.3, 0.4) is 0 Å². The van der Waals surface area contributed by atoms with E-state index in [0.717, 1.165) is 29.7 Å². The summed E-state index contributed by atoms with van der Waals surface area (Å²) < 4.78 is 5.20. The molecule has 1 atom stereocenters. The van der Waals surface area contributed by atoms with Gasteiger partial charge in [0.05, 0.1) is 16.6 Å². The lowest BCUT2D eigenvalue weighted by molar-refractivity contribution is 0.111. The van der Waals surface area contributed by atoms with Crippen molar-refractivity contribution in [3.05, 3.63) is 29.0 Å². The van der Waals surface area contributed by atoms with Crippen LogP contribution in [0.1, 0.15) is 19.2 Å². The van der Waals surface area contributed by atoms with E-state index in [4.69, 9.17) is 16.3 Å². The van der Waals surface area contributed by atoms with Crippen LogP contribution in [0.4, 0.5) is 0 Å². The monoisotopic (exact) mass is 238 g/mol. The van der Waals surface area contributed by atoms with Crippen molar-refractivity contribution in [2.75, 3.05) is 7.11 Å². The van der Waals surface area contributed by atoms with Crippen molar-refractivity contribution in [2.45, 2.75) is 25.9 Å². The third-order valence-corrected chi connectivity index (χ3v) is 3.01. The fourth-order valence-electron chi connectivity index (χ4n) is 1.62. The molecule has 4 heteroatoms. The standard InChI is InChI=1S/C12H15ClN2O/c1-8(16-2)6-7-11-14-10-5-3-4-9(13)12(10)15-11/h3-5,8H,6-7H2,1-2H3,(H,14,15). The molecule has 0 aliphatic heterocycles. The molecule has 1 aromatic carbocycles. The number of aromatic amines is 1. The summed E-state index contributed by atoms with van der Waals surface area (Å²) in [6.07, 6.45) is 2.08. The highest BCUT2D eigenvalue weighted by atomic mass is 35.5. The summed E-state index contributed by atoms with van der Waals surface area (Å²) in [5.74, 6) is 0.965. The summed E-state index contributed by atoms with van der Waals surface area (Å²) in [7, 11) is 1.72. The maximum Gasteiger partial charge on any atom is 0.107 e. The number of imidazole rings is 1. The van der Waals surface area contributed by atoms with Gasteiger partial charge in [-0.3, -0.25) is 0 Å². The molecule has 2 aromatic rings. The van der Waals surface area contributed by atoms with Gasteiger partial charge in [0, 0.05) is 13.5 Å². The second-order valence-corrected chi connectivity index (χ2v) is 4.31. The lowest BCUT2D eigenvalue weighted by Crippen LogP contribution is -2.06. The lowest BCUT2D eigenvalue weighted by Gasteiger charge is -2.06. The highest BCUT2D eigenvalue weighted by Gasteiger charge is 2.07. The average Bonchev–Trinajstić information content (AvgIpc) is 2.70. The van der Waals surface area contributed by atoms with Crippen molar-refractivity contribution in [1.82, 2.24) is 9.97 Å². The minimum Gasteiger partial charge on any atom is -0.382 e. The maximum atomic E-state index is 6.05. The van der Waals surface area contributed by atoms with E-state index in [0.29, 0.717) is 5.02 Å². The second-order valence-electron chi connectivity index (χ2n) is 3.90. The Morgan fingerprint density at radius 2 is 2.31 bits per heavy atom. The molecule has 0 bridgehead atoms. The normalized spacial score (nSPS) is 13.2. The van der Waals surface area contributed by atoms with E-state index >= 15 is 0 Å². The van der Waals surface area contributed by atoms with Crippen LogP contribution in [-0.4, -0.2) is 23.2 Å². The SMILES string of the molecule is COC(C)CCc1nc2c(Cl)cccc2[nH]1. The Morgan fingerprint density at radius 1 is 1.50 bits per heavy atom. The number of ether oxygens (including phenoxy) is 1. The number of aromatic nitrogens is 2. The van der Waals surface area contributed by atoms with Gasteiger partial charge in [-0.15, -0.1) is 0 Å². The molecule has 0 saturated heterocycles. The molecule has 0 aliphatic rings. The highest BCUT2D eigenvalue weighted by molar-refractivity contribution is 6.34. The van der Waals surface area contributed by atoms with Gasteiger partial charge in [-0.2, -0.15) is 0 Å². The van der Waals surface area contributed by atoms with Gasteiger partial charge >= 0.3 is 0 Å². The molecule has 1 N–H and O–H groups in total. The number of para-hydroxylation sites is 1. The number of nitrogens with zero attached hydrogens (tertiary/aromatic N) is 1. The zero-order chi connectivity index (χ0) is 11.5. The Balaban J connectivity index is 2.17. The molecule has 0 fully saturated rings. The average molecular weight is 239 g/mol. The summed E-state index contributed by atoms with van der Waals surface area (Å²) in [5, 5.41) is 0.694. The van der Waals surface area contributed by atoms with Gasteiger partial charge in [-0.25, -0.2) is 4.98 Å². The van der Waals surface area contributed by atoms with Gasteiger partial charge in [0.1, 0.15) is 11.3 Å². The summed E-state index contributed by atoms with van der Waals surface area (Å²) >= 11 is 6.05. The first kappa shape index (κ1) is 11.4. The van der Waals surface area contributed by atoms with Crippen LogP contribution < -0.4 is 0 Å². The predicted molar refractivity (Wildman–Crippen MR) is 65.9 cm³/mol. The molecular formula is C12H15ClN2O. The molecule has 0 radical (unpaired) electrons. The summed E-state index contributed by atoms with van der Waals surface area (Å²) in [6.45, 7) is 2.05. The molecule has 2 rings (SSSR count). The van der Waals surface area contributed by atoms with E-state index in [1.165, 1.54) is 0 Å². The second kappa shape index (κ2) is 4.85. The number of nitrogens with one attached hydrogen (secondary N) is 1. The van der Waals surface area contributed by atoms with Gasteiger partial charge < -0.3 is 9.72 Å². The number of methoxy groups -OCH3 is 1. The number of halogens is 1. The van der Waals surface area contributed by atoms with Gasteiger partial charge in [-0.1, -0.05) is 17.7 Å². The van der Waals surface area contributed by atoms with Crippen LogP contribution in [0.2, 0.25) is 5.02 Å². The molecule has 0 spiro atoms. The van der Waals surface area contributed by atoms with Crippen LogP contribution in [0.15, 0.2) is 18.2 Å². The Bertz CT molecular complexity index is 481. The molecule has 0 amide bonds. The van der Waals surface area contributed by atoms with Crippen LogP contribution in [0.5, 0.6) is 0 Å². The molecule has 0 saturated carbocycles. The number of aryl methyl sites for hydroxylation is 1. The number of benzene rings is 1. The minimum absolute atomic E-state index is 0.253. The quantitative estimate of drug-likeness (QED) is 0.889. The lowest BCUT2D eigenvalue weighted by atomic mass is 10.2. The zero-order valence-electron chi connectivity index (χ0n) is 9.46. The smallest absolute Gasteiger partial charge is 0.107 e. The largest absolute Gasteiger partial charge is 0.382 e.